The summed E-state index contributed by atoms with van der Waals surface area (Å²) < 4.78 is 7.38. The molecule has 0 saturated carbocycles. The van der Waals surface area contributed by atoms with E-state index in [0.29, 0.717) is 10.8 Å². The Morgan fingerprint density at radius 3 is 2.79 bits per heavy atom. The van der Waals surface area contributed by atoms with Crippen LogP contribution in [0.5, 0.6) is 0 Å². The maximum Gasteiger partial charge on any atom is 0.202 e. The van der Waals surface area contributed by atoms with E-state index < -0.39 is 6.35 Å². The van der Waals surface area contributed by atoms with Crippen LogP contribution in [-0.4, -0.2) is 4.57 Å². The predicted molar refractivity (Wildman–Crippen MR) is 75.9 cm³/mol. The number of benzene rings is 2. The molecule has 0 aliphatic carbocycles. The maximum absolute atomic E-state index is 12.5. The van der Waals surface area contributed by atoms with Crippen LogP contribution >= 0.6 is 12.0 Å². The van der Waals surface area contributed by atoms with Crippen molar-refractivity contribution in [3.63, 3.8) is 0 Å². The minimum Gasteiger partial charge on any atom is -0.299 e. The number of aromatic nitrogens is 1. The van der Waals surface area contributed by atoms with Crippen LogP contribution in [0, 0.1) is 0 Å². The molecule has 1 unspecified atom stereocenters. The Kier molecular flexibility index (Phi) is 2.23. The minimum absolute atomic E-state index is 0.0402. The van der Waals surface area contributed by atoms with E-state index in [-0.39, 0.29) is 5.43 Å². The van der Waals surface area contributed by atoms with Gasteiger partial charge in [0.15, 0.2) is 5.43 Å². The summed E-state index contributed by atoms with van der Waals surface area (Å²) in [6.07, 6.45) is -0.590. The normalized spacial score (nSPS) is 18.1. The van der Waals surface area contributed by atoms with E-state index in [1.165, 1.54) is 12.0 Å². The number of rotatable bonds is 0. The number of nitrogens with zero attached hydrogens (tertiary/aromatic N) is 1. The van der Waals surface area contributed by atoms with Gasteiger partial charge in [-0.05, 0) is 24.3 Å². The number of pyridine rings is 1. The van der Waals surface area contributed by atoms with Crippen molar-refractivity contribution in [2.75, 3.05) is 0 Å². The first kappa shape index (κ1) is 11.0. The van der Waals surface area contributed by atoms with Crippen molar-refractivity contribution >= 4 is 33.8 Å². The molecule has 4 nitrogen and oxygen atoms in total. The summed E-state index contributed by atoms with van der Waals surface area (Å²) in [7, 11) is 0. The Morgan fingerprint density at radius 1 is 1.11 bits per heavy atom. The summed E-state index contributed by atoms with van der Waals surface area (Å²) in [6, 6.07) is 13.1. The van der Waals surface area contributed by atoms with Crippen molar-refractivity contribution in [3.05, 3.63) is 52.7 Å². The molecule has 3 aromatic rings. The molecule has 2 aromatic carbocycles. The molecule has 0 amide bonds. The first-order chi connectivity index (χ1) is 9.27. The van der Waals surface area contributed by atoms with Gasteiger partial charge in [0.1, 0.15) is 0 Å². The molecule has 0 bridgehead atoms. The third kappa shape index (κ3) is 1.40. The highest BCUT2D eigenvalue weighted by Crippen LogP contribution is 2.37. The van der Waals surface area contributed by atoms with Crippen LogP contribution in [-0.2, 0) is 4.18 Å². The number of para-hydroxylation sites is 2. The van der Waals surface area contributed by atoms with Crippen molar-refractivity contribution in [2.45, 2.75) is 11.2 Å². The van der Waals surface area contributed by atoms with E-state index >= 15 is 0 Å². The first-order valence-corrected chi connectivity index (χ1v) is 6.66. The monoisotopic (exact) mass is 270 g/mol. The summed E-state index contributed by atoms with van der Waals surface area (Å²) in [5.41, 5.74) is 7.74. The molecule has 1 aromatic heterocycles. The van der Waals surface area contributed by atoms with E-state index in [1.807, 2.05) is 47.0 Å². The van der Waals surface area contributed by atoms with Crippen LogP contribution in [0.2, 0.25) is 0 Å². The van der Waals surface area contributed by atoms with Crippen molar-refractivity contribution in [2.24, 2.45) is 5.73 Å². The van der Waals surface area contributed by atoms with Gasteiger partial charge in [0, 0.05) is 22.8 Å². The van der Waals surface area contributed by atoms with Gasteiger partial charge in [-0.3, -0.25) is 19.3 Å². The fraction of sp³-hybridized carbons (Fsp3) is 0.0714. The number of nitrogens with two attached hydrogens (primary N) is 1. The fourth-order valence-corrected chi connectivity index (χ4v) is 3.28. The molecule has 4 rings (SSSR count). The third-order valence-corrected chi connectivity index (χ3v) is 4.19. The molecule has 0 radical (unpaired) electrons. The Morgan fingerprint density at radius 2 is 1.89 bits per heavy atom. The van der Waals surface area contributed by atoms with E-state index in [1.54, 1.807) is 0 Å². The van der Waals surface area contributed by atoms with Gasteiger partial charge in [-0.25, -0.2) is 0 Å². The lowest BCUT2D eigenvalue weighted by molar-refractivity contribution is 0.177. The highest BCUT2D eigenvalue weighted by molar-refractivity contribution is 7.95. The van der Waals surface area contributed by atoms with E-state index in [4.69, 9.17) is 9.92 Å². The van der Waals surface area contributed by atoms with E-state index in [9.17, 15) is 4.79 Å². The van der Waals surface area contributed by atoms with Gasteiger partial charge < -0.3 is 0 Å². The lowest BCUT2D eigenvalue weighted by Crippen LogP contribution is -2.26. The van der Waals surface area contributed by atoms with Crippen LogP contribution in [0.4, 0.5) is 0 Å². The van der Waals surface area contributed by atoms with Crippen LogP contribution in [0.1, 0.15) is 6.35 Å². The van der Waals surface area contributed by atoms with Crippen LogP contribution in [0.3, 0.4) is 0 Å². The molecule has 5 heteroatoms. The molecule has 0 saturated heterocycles. The lowest BCUT2D eigenvalue weighted by Gasteiger charge is -2.26. The summed E-state index contributed by atoms with van der Waals surface area (Å²) in [5, 5.41) is 1.35. The van der Waals surface area contributed by atoms with Gasteiger partial charge in [0.05, 0.1) is 15.9 Å². The molecule has 2 N–H and O–H groups in total. The van der Waals surface area contributed by atoms with Gasteiger partial charge in [-0.1, -0.05) is 18.2 Å². The zero-order valence-electron chi connectivity index (χ0n) is 9.87. The number of fused-ring (bicyclic) bond motifs is 2. The summed E-state index contributed by atoms with van der Waals surface area (Å²) in [6.45, 7) is 0. The summed E-state index contributed by atoms with van der Waals surface area (Å²) in [5.74, 6) is 0. The SMILES string of the molecule is NC1OSc2cccc3c(=O)c4ccccc4n1c23. The van der Waals surface area contributed by atoms with Gasteiger partial charge in [-0.2, -0.15) is 0 Å². The van der Waals surface area contributed by atoms with Crippen molar-refractivity contribution in [3.8, 4) is 0 Å². The van der Waals surface area contributed by atoms with Crippen molar-refractivity contribution < 1.29 is 4.18 Å². The highest BCUT2D eigenvalue weighted by Gasteiger charge is 2.22. The lowest BCUT2D eigenvalue weighted by atomic mass is 10.1. The third-order valence-electron chi connectivity index (χ3n) is 3.38. The minimum atomic E-state index is -0.590. The predicted octanol–water partition coefficient (Wildman–Crippen LogP) is 2.61. The fourth-order valence-electron chi connectivity index (χ4n) is 2.57. The molecule has 94 valence electrons. The second kappa shape index (κ2) is 3.84. The molecule has 1 aliphatic heterocycles. The highest BCUT2D eigenvalue weighted by atomic mass is 32.2. The molecular formula is C14H10N2O2S. The van der Waals surface area contributed by atoms with Crippen molar-refractivity contribution in [1.82, 2.24) is 4.57 Å². The molecular weight excluding hydrogens is 260 g/mol. The largest absolute Gasteiger partial charge is 0.299 e. The number of hydrogen-bond donors (Lipinski definition) is 1. The average Bonchev–Trinajstić information content (AvgIpc) is 2.45. The molecule has 1 atom stereocenters. The van der Waals surface area contributed by atoms with Crippen molar-refractivity contribution in [1.29, 1.82) is 0 Å². The number of hydrogen-bond acceptors (Lipinski definition) is 4. The quantitative estimate of drug-likeness (QED) is 0.504. The molecule has 2 heterocycles. The molecule has 0 fully saturated rings. The van der Waals surface area contributed by atoms with E-state index in [0.717, 1.165) is 15.9 Å². The summed E-state index contributed by atoms with van der Waals surface area (Å²) in [4.78, 5) is 13.5. The van der Waals surface area contributed by atoms with Gasteiger partial charge >= 0.3 is 0 Å². The van der Waals surface area contributed by atoms with Gasteiger partial charge in [0.25, 0.3) is 0 Å². The van der Waals surface area contributed by atoms with Gasteiger partial charge in [-0.15, -0.1) is 0 Å². The zero-order chi connectivity index (χ0) is 13.0. The van der Waals surface area contributed by atoms with Crippen LogP contribution < -0.4 is 11.2 Å². The molecule has 19 heavy (non-hydrogen) atoms. The second-order valence-corrected chi connectivity index (χ2v) is 5.24. The Hall–Kier alpha value is -1.82. The Balaban J connectivity index is 2.38. The standard InChI is InChI=1S/C14H10N2O2S/c15-14-16-10-6-2-1-4-8(10)13(17)9-5-3-7-11(12(9)16)19-18-14/h1-7,14H,15H2. The Bertz CT molecular complexity index is 872. The summed E-state index contributed by atoms with van der Waals surface area (Å²) >= 11 is 1.22. The zero-order valence-corrected chi connectivity index (χ0v) is 10.7. The average molecular weight is 270 g/mol. The topological polar surface area (TPSA) is 57.2 Å². The smallest absolute Gasteiger partial charge is 0.202 e. The van der Waals surface area contributed by atoms with Crippen LogP contribution in [0.25, 0.3) is 21.8 Å². The Labute approximate surface area is 113 Å². The first-order valence-electron chi connectivity index (χ1n) is 5.92. The van der Waals surface area contributed by atoms with Gasteiger partial charge in [0.2, 0.25) is 6.35 Å². The second-order valence-electron chi connectivity index (χ2n) is 4.44. The van der Waals surface area contributed by atoms with Crippen LogP contribution in [0.15, 0.2) is 52.2 Å². The molecule has 0 spiro atoms. The maximum atomic E-state index is 12.5. The van der Waals surface area contributed by atoms with E-state index in [2.05, 4.69) is 0 Å². The molecule has 1 aliphatic rings.